The molecule has 1 unspecified atom stereocenters. The monoisotopic (exact) mass is 332 g/mol. The summed E-state index contributed by atoms with van der Waals surface area (Å²) >= 11 is 0. The summed E-state index contributed by atoms with van der Waals surface area (Å²) in [7, 11) is 1.87. The fourth-order valence-electron chi connectivity index (χ4n) is 3.05. The summed E-state index contributed by atoms with van der Waals surface area (Å²) in [6, 6.07) is 8.62. The summed E-state index contributed by atoms with van der Waals surface area (Å²) in [5, 5.41) is 6.03. The molecule has 0 saturated carbocycles. The molecule has 0 radical (unpaired) electrons. The summed E-state index contributed by atoms with van der Waals surface area (Å²) in [4.78, 5) is 16.9. The second-order valence-corrected chi connectivity index (χ2v) is 6.70. The molecule has 134 valence electrons. The quantitative estimate of drug-likeness (QED) is 0.753. The van der Waals surface area contributed by atoms with Crippen LogP contribution in [0.15, 0.2) is 24.3 Å². The number of nitrogens with zero attached hydrogens (tertiary/aromatic N) is 2. The van der Waals surface area contributed by atoms with Gasteiger partial charge in [-0.1, -0.05) is 38.1 Å². The molecule has 0 aliphatic carbocycles. The van der Waals surface area contributed by atoms with Crippen molar-refractivity contribution in [1.82, 2.24) is 20.4 Å². The van der Waals surface area contributed by atoms with E-state index < -0.39 is 0 Å². The first-order chi connectivity index (χ1) is 11.6. The maximum atomic E-state index is 11.9. The van der Waals surface area contributed by atoms with Crippen LogP contribution in [0.1, 0.15) is 25.0 Å². The first-order valence-corrected chi connectivity index (χ1v) is 9.07. The number of hydrogen-bond acceptors (Lipinski definition) is 4. The van der Waals surface area contributed by atoms with Crippen molar-refractivity contribution in [3.05, 3.63) is 35.4 Å². The zero-order valence-corrected chi connectivity index (χ0v) is 15.3. The van der Waals surface area contributed by atoms with Crippen molar-refractivity contribution < 1.29 is 4.79 Å². The molecule has 1 aromatic carbocycles. The van der Waals surface area contributed by atoms with E-state index in [0.29, 0.717) is 13.1 Å². The lowest BCUT2D eigenvalue weighted by atomic mass is 10.1. The molecule has 0 aromatic heterocycles. The topological polar surface area (TPSA) is 47.6 Å². The highest BCUT2D eigenvalue weighted by atomic mass is 16.1. The van der Waals surface area contributed by atoms with Crippen LogP contribution in [0.25, 0.3) is 0 Å². The van der Waals surface area contributed by atoms with E-state index in [4.69, 9.17) is 0 Å². The van der Waals surface area contributed by atoms with E-state index in [9.17, 15) is 4.79 Å². The van der Waals surface area contributed by atoms with Crippen molar-refractivity contribution in [2.24, 2.45) is 5.92 Å². The Labute approximate surface area is 146 Å². The lowest BCUT2D eigenvalue weighted by Crippen LogP contribution is -2.45. The van der Waals surface area contributed by atoms with Gasteiger partial charge in [0.1, 0.15) is 0 Å². The van der Waals surface area contributed by atoms with Gasteiger partial charge in [-0.15, -0.1) is 0 Å². The summed E-state index contributed by atoms with van der Waals surface area (Å²) < 4.78 is 0. The predicted molar refractivity (Wildman–Crippen MR) is 98.8 cm³/mol. The van der Waals surface area contributed by atoms with Gasteiger partial charge in [-0.2, -0.15) is 0 Å². The van der Waals surface area contributed by atoms with Gasteiger partial charge in [-0.25, -0.2) is 0 Å². The van der Waals surface area contributed by atoms with Gasteiger partial charge in [0.15, 0.2) is 0 Å². The van der Waals surface area contributed by atoms with Crippen molar-refractivity contribution in [3.8, 4) is 0 Å². The molecule has 1 aromatic rings. The van der Waals surface area contributed by atoms with Crippen LogP contribution in [0.4, 0.5) is 0 Å². The predicted octanol–water partition coefficient (Wildman–Crippen LogP) is 1.30. The van der Waals surface area contributed by atoms with E-state index in [1.54, 1.807) is 0 Å². The van der Waals surface area contributed by atoms with Gasteiger partial charge in [0.25, 0.3) is 0 Å². The Bertz CT molecular complexity index is 495. The number of rotatable bonds is 8. The van der Waals surface area contributed by atoms with E-state index in [1.165, 1.54) is 18.7 Å². The molecule has 2 N–H and O–H groups in total. The molecule has 0 bridgehead atoms. The van der Waals surface area contributed by atoms with Crippen LogP contribution in [0.3, 0.4) is 0 Å². The summed E-state index contributed by atoms with van der Waals surface area (Å²) in [6.07, 6.45) is 0. The number of amides is 1. The van der Waals surface area contributed by atoms with Crippen LogP contribution in [0, 0.1) is 5.92 Å². The molecule has 5 nitrogen and oxygen atoms in total. The van der Waals surface area contributed by atoms with Crippen molar-refractivity contribution in [2.45, 2.75) is 26.9 Å². The van der Waals surface area contributed by atoms with Crippen molar-refractivity contribution in [1.29, 1.82) is 0 Å². The van der Waals surface area contributed by atoms with Crippen molar-refractivity contribution in [2.75, 3.05) is 46.3 Å². The van der Waals surface area contributed by atoms with Gasteiger partial charge in [0.2, 0.25) is 5.91 Å². The largest absolute Gasteiger partial charge is 0.352 e. The average Bonchev–Trinajstić information content (AvgIpc) is 2.61. The van der Waals surface area contributed by atoms with E-state index >= 15 is 0 Å². The standard InChI is InChI=1S/C19H32N4O/c1-4-22-9-11-23(12-10-22)15-18-7-5-17(6-8-18)14-21-19(24)16(2)13-20-3/h5-8,16,20H,4,9-15H2,1-3H3,(H,21,24). The molecule has 1 fully saturated rings. The lowest BCUT2D eigenvalue weighted by molar-refractivity contribution is -0.124. The highest BCUT2D eigenvalue weighted by molar-refractivity contribution is 5.78. The van der Waals surface area contributed by atoms with E-state index in [1.807, 2.05) is 14.0 Å². The molecule has 5 heteroatoms. The first-order valence-electron chi connectivity index (χ1n) is 9.07. The number of piperazine rings is 1. The number of carbonyl (C=O) groups excluding carboxylic acids is 1. The molecule has 1 amide bonds. The molecule has 2 rings (SSSR count). The second kappa shape index (κ2) is 9.77. The third-order valence-electron chi connectivity index (χ3n) is 4.77. The minimum absolute atomic E-state index is 0.00365. The molecular formula is C19H32N4O. The number of benzene rings is 1. The number of carbonyl (C=O) groups is 1. The molecule has 1 saturated heterocycles. The number of hydrogen-bond donors (Lipinski definition) is 2. The SMILES string of the molecule is CCN1CCN(Cc2ccc(CNC(=O)C(C)CNC)cc2)CC1. The third kappa shape index (κ3) is 5.89. The van der Waals surface area contributed by atoms with Crippen molar-refractivity contribution in [3.63, 3.8) is 0 Å². The minimum Gasteiger partial charge on any atom is -0.352 e. The van der Waals surface area contributed by atoms with Crippen LogP contribution in [0.2, 0.25) is 0 Å². The molecular weight excluding hydrogens is 300 g/mol. The maximum Gasteiger partial charge on any atom is 0.224 e. The highest BCUT2D eigenvalue weighted by Gasteiger charge is 2.15. The van der Waals surface area contributed by atoms with Gasteiger partial charge in [-0.3, -0.25) is 9.69 Å². The van der Waals surface area contributed by atoms with Gasteiger partial charge in [-0.05, 0) is 24.7 Å². The van der Waals surface area contributed by atoms with E-state index in [0.717, 1.165) is 31.7 Å². The summed E-state index contributed by atoms with van der Waals surface area (Å²) in [5.74, 6) is 0.0956. The fraction of sp³-hybridized carbons (Fsp3) is 0.632. The van der Waals surface area contributed by atoms with Crippen LogP contribution < -0.4 is 10.6 Å². The third-order valence-corrected chi connectivity index (χ3v) is 4.77. The molecule has 1 heterocycles. The normalized spacial score (nSPS) is 17.6. The summed E-state index contributed by atoms with van der Waals surface area (Å²) in [5.41, 5.74) is 2.50. The minimum atomic E-state index is -0.00365. The Morgan fingerprint density at radius 1 is 1.08 bits per heavy atom. The number of nitrogens with one attached hydrogen (secondary N) is 2. The molecule has 0 spiro atoms. The summed E-state index contributed by atoms with van der Waals surface area (Å²) in [6.45, 7) is 12.3. The Kier molecular flexibility index (Phi) is 7.69. The zero-order chi connectivity index (χ0) is 17.4. The molecule has 1 aliphatic rings. The lowest BCUT2D eigenvalue weighted by Gasteiger charge is -2.34. The first kappa shape index (κ1) is 18.9. The van der Waals surface area contributed by atoms with Crippen LogP contribution >= 0.6 is 0 Å². The van der Waals surface area contributed by atoms with Crippen molar-refractivity contribution >= 4 is 5.91 Å². The van der Waals surface area contributed by atoms with E-state index in [2.05, 4.69) is 51.6 Å². The fourth-order valence-corrected chi connectivity index (χ4v) is 3.05. The Morgan fingerprint density at radius 2 is 1.67 bits per heavy atom. The van der Waals surface area contributed by atoms with E-state index in [-0.39, 0.29) is 11.8 Å². The highest BCUT2D eigenvalue weighted by Crippen LogP contribution is 2.10. The molecule has 1 aliphatic heterocycles. The van der Waals surface area contributed by atoms with Gasteiger partial charge < -0.3 is 15.5 Å². The van der Waals surface area contributed by atoms with Crippen LogP contribution in [0.5, 0.6) is 0 Å². The second-order valence-electron chi connectivity index (χ2n) is 6.70. The van der Waals surface area contributed by atoms with Gasteiger partial charge in [0, 0.05) is 51.7 Å². The maximum absolute atomic E-state index is 11.9. The Morgan fingerprint density at radius 3 is 2.25 bits per heavy atom. The Balaban J connectivity index is 1.75. The van der Waals surface area contributed by atoms with Gasteiger partial charge in [0.05, 0.1) is 0 Å². The van der Waals surface area contributed by atoms with Crippen LogP contribution in [-0.4, -0.2) is 62.0 Å². The van der Waals surface area contributed by atoms with Crippen LogP contribution in [-0.2, 0) is 17.9 Å². The molecule has 24 heavy (non-hydrogen) atoms. The zero-order valence-electron chi connectivity index (χ0n) is 15.3. The number of likely N-dealkylation sites (N-methyl/N-ethyl adjacent to an activating group) is 1. The Hall–Kier alpha value is -1.43. The average molecular weight is 332 g/mol. The smallest absolute Gasteiger partial charge is 0.224 e. The van der Waals surface area contributed by atoms with Gasteiger partial charge >= 0.3 is 0 Å². The molecule has 1 atom stereocenters.